The Hall–Kier alpha value is -0.160. The first-order valence-electron chi connectivity index (χ1n) is 5.32. The van der Waals surface area contributed by atoms with Crippen molar-refractivity contribution in [3.63, 3.8) is 0 Å². The van der Waals surface area contributed by atoms with E-state index in [1.165, 1.54) is 12.8 Å². The molecule has 88 valence electrons. The highest BCUT2D eigenvalue weighted by Crippen LogP contribution is 2.18. The molecule has 4 nitrogen and oxygen atoms in total. The Labute approximate surface area is 87.3 Å². The van der Waals surface area contributed by atoms with Crippen LogP contribution in [0.5, 0.6) is 0 Å². The summed E-state index contributed by atoms with van der Waals surface area (Å²) >= 11 is 0. The lowest BCUT2D eigenvalue weighted by Gasteiger charge is -2.24. The van der Waals surface area contributed by atoms with Crippen molar-refractivity contribution >= 4 is 0 Å². The van der Waals surface area contributed by atoms with Gasteiger partial charge in [0.25, 0.3) is 0 Å². The van der Waals surface area contributed by atoms with Gasteiger partial charge in [-0.3, -0.25) is 0 Å². The molecule has 0 aromatic rings. The Morgan fingerprint density at radius 3 is 2.00 bits per heavy atom. The van der Waals surface area contributed by atoms with Crippen molar-refractivity contribution in [1.82, 2.24) is 0 Å². The molecule has 0 aromatic carbocycles. The van der Waals surface area contributed by atoms with Crippen molar-refractivity contribution in [2.45, 2.75) is 58.6 Å². The Morgan fingerprint density at radius 1 is 1.21 bits per heavy atom. The van der Waals surface area contributed by atoms with Crippen molar-refractivity contribution in [3.8, 4) is 0 Å². The minimum Gasteiger partial charge on any atom is -0.391 e. The number of aliphatic hydroxyl groups excluding tert-OH is 1. The molecule has 0 spiro atoms. The van der Waals surface area contributed by atoms with Crippen LogP contribution in [0, 0.1) is 5.92 Å². The predicted molar refractivity (Wildman–Crippen MR) is 58.9 cm³/mol. The van der Waals surface area contributed by atoms with Crippen LogP contribution in [-0.4, -0.2) is 22.5 Å². The van der Waals surface area contributed by atoms with E-state index in [2.05, 4.69) is 19.7 Å². The second-order valence-corrected chi connectivity index (χ2v) is 3.66. The molecule has 0 fully saturated rings. The summed E-state index contributed by atoms with van der Waals surface area (Å²) < 4.78 is 0. The van der Waals surface area contributed by atoms with Crippen LogP contribution < -0.4 is 11.6 Å². The molecule has 0 aliphatic heterocycles. The maximum atomic E-state index is 9.69. The van der Waals surface area contributed by atoms with Crippen molar-refractivity contribution in [1.29, 1.82) is 0 Å². The number of aliphatic hydroxyl groups is 1. The molecule has 0 aliphatic rings. The van der Waals surface area contributed by atoms with E-state index >= 15 is 0 Å². The zero-order valence-electron chi connectivity index (χ0n) is 9.61. The summed E-state index contributed by atoms with van der Waals surface area (Å²) in [6, 6.07) is -0.0909. The van der Waals surface area contributed by atoms with E-state index in [4.69, 9.17) is 10.9 Å². The zero-order chi connectivity index (χ0) is 11.6. The largest absolute Gasteiger partial charge is 0.391 e. The fourth-order valence-electron chi connectivity index (χ4n) is 1.51. The van der Waals surface area contributed by atoms with Gasteiger partial charge in [-0.25, -0.2) is 5.90 Å². The summed E-state index contributed by atoms with van der Waals surface area (Å²) in [5.74, 6) is 3.89. The van der Waals surface area contributed by atoms with Gasteiger partial charge in [0.1, 0.15) is 0 Å². The van der Waals surface area contributed by atoms with Gasteiger partial charge in [-0.2, -0.15) is 0 Å². The SMILES string of the molecule is CCCCC(CC)C(O)C(C)N.NO. The van der Waals surface area contributed by atoms with E-state index < -0.39 is 0 Å². The van der Waals surface area contributed by atoms with Gasteiger partial charge in [0.2, 0.25) is 0 Å². The van der Waals surface area contributed by atoms with Crippen molar-refractivity contribution in [2.24, 2.45) is 17.5 Å². The first-order valence-corrected chi connectivity index (χ1v) is 5.32. The molecule has 0 amide bonds. The van der Waals surface area contributed by atoms with E-state index in [0.717, 1.165) is 12.8 Å². The lowest BCUT2D eigenvalue weighted by atomic mass is 9.90. The average Bonchev–Trinajstić information content (AvgIpc) is 2.21. The second-order valence-electron chi connectivity index (χ2n) is 3.66. The molecular formula is C10H26N2O2. The molecule has 3 atom stereocenters. The molecule has 3 unspecified atom stereocenters. The molecule has 0 aromatic heterocycles. The van der Waals surface area contributed by atoms with Crippen molar-refractivity contribution in [2.75, 3.05) is 0 Å². The first-order chi connectivity index (χ1) is 6.63. The van der Waals surface area contributed by atoms with E-state index in [9.17, 15) is 5.11 Å². The van der Waals surface area contributed by atoms with Gasteiger partial charge in [-0.15, -0.1) is 0 Å². The average molecular weight is 206 g/mol. The minimum absolute atomic E-state index is 0.0909. The zero-order valence-corrected chi connectivity index (χ0v) is 9.61. The third-order valence-electron chi connectivity index (χ3n) is 2.47. The maximum absolute atomic E-state index is 9.69. The molecule has 4 heteroatoms. The topological polar surface area (TPSA) is 92.5 Å². The number of hydrogen-bond acceptors (Lipinski definition) is 4. The molecular weight excluding hydrogens is 180 g/mol. The molecule has 0 bridgehead atoms. The van der Waals surface area contributed by atoms with Gasteiger partial charge in [-0.1, -0.05) is 33.1 Å². The Morgan fingerprint density at radius 2 is 1.71 bits per heavy atom. The summed E-state index contributed by atoms with van der Waals surface area (Å²) in [6.07, 6.45) is 4.21. The monoisotopic (exact) mass is 206 g/mol. The number of nitrogens with two attached hydrogens (primary N) is 2. The van der Waals surface area contributed by atoms with E-state index in [1.807, 2.05) is 6.92 Å². The molecule has 0 radical (unpaired) electrons. The fourth-order valence-corrected chi connectivity index (χ4v) is 1.51. The number of unbranched alkanes of at least 4 members (excludes halogenated alkanes) is 1. The highest BCUT2D eigenvalue weighted by molar-refractivity contribution is 4.74. The number of hydrogen-bond donors (Lipinski definition) is 4. The summed E-state index contributed by atoms with van der Waals surface area (Å²) in [4.78, 5) is 0. The van der Waals surface area contributed by atoms with Gasteiger partial charge in [-0.05, 0) is 19.3 Å². The van der Waals surface area contributed by atoms with Crippen LogP contribution in [0.1, 0.15) is 46.5 Å². The Kier molecular flexibility index (Phi) is 12.7. The van der Waals surface area contributed by atoms with E-state index in [0.29, 0.717) is 5.92 Å². The van der Waals surface area contributed by atoms with Crippen LogP contribution >= 0.6 is 0 Å². The number of rotatable bonds is 6. The van der Waals surface area contributed by atoms with E-state index in [1.54, 1.807) is 0 Å². The summed E-state index contributed by atoms with van der Waals surface area (Å²) in [5, 5.41) is 16.2. The normalized spacial score (nSPS) is 16.5. The van der Waals surface area contributed by atoms with Crippen LogP contribution in [0.25, 0.3) is 0 Å². The third-order valence-corrected chi connectivity index (χ3v) is 2.47. The van der Waals surface area contributed by atoms with E-state index in [-0.39, 0.29) is 12.1 Å². The van der Waals surface area contributed by atoms with Gasteiger partial charge in [0.15, 0.2) is 0 Å². The van der Waals surface area contributed by atoms with Gasteiger partial charge >= 0.3 is 0 Å². The predicted octanol–water partition coefficient (Wildman–Crippen LogP) is 1.25. The molecule has 0 rings (SSSR count). The van der Waals surface area contributed by atoms with Crippen LogP contribution in [0.4, 0.5) is 0 Å². The molecule has 0 heterocycles. The fraction of sp³-hybridized carbons (Fsp3) is 1.00. The summed E-state index contributed by atoms with van der Waals surface area (Å²) in [5.41, 5.74) is 5.63. The standard InChI is InChI=1S/C10H23NO.H3NO/c1-4-6-7-9(5-2)10(12)8(3)11;1-2/h8-10,12H,4-7,11H2,1-3H3;2H,1H2. The minimum atomic E-state index is -0.318. The highest BCUT2D eigenvalue weighted by atomic mass is 16.4. The highest BCUT2D eigenvalue weighted by Gasteiger charge is 2.19. The third kappa shape index (κ3) is 7.26. The van der Waals surface area contributed by atoms with Gasteiger partial charge in [0, 0.05) is 6.04 Å². The smallest absolute Gasteiger partial charge is 0.0716 e. The maximum Gasteiger partial charge on any atom is 0.0716 e. The van der Waals surface area contributed by atoms with Crippen LogP contribution in [-0.2, 0) is 0 Å². The molecule has 6 N–H and O–H groups in total. The lowest BCUT2D eigenvalue weighted by molar-refractivity contribution is 0.0792. The quantitative estimate of drug-likeness (QED) is 0.492. The second kappa shape index (κ2) is 10.9. The van der Waals surface area contributed by atoms with Crippen LogP contribution in [0.3, 0.4) is 0 Å². The lowest BCUT2D eigenvalue weighted by Crippen LogP contribution is -2.37. The molecule has 0 aliphatic carbocycles. The molecule has 0 saturated carbocycles. The summed E-state index contributed by atoms with van der Waals surface area (Å²) in [7, 11) is 0. The van der Waals surface area contributed by atoms with Crippen LogP contribution in [0.2, 0.25) is 0 Å². The summed E-state index contributed by atoms with van der Waals surface area (Å²) in [6.45, 7) is 6.16. The van der Waals surface area contributed by atoms with Crippen molar-refractivity contribution < 1.29 is 10.3 Å². The van der Waals surface area contributed by atoms with Gasteiger partial charge < -0.3 is 16.0 Å². The van der Waals surface area contributed by atoms with Crippen molar-refractivity contribution in [3.05, 3.63) is 0 Å². The first kappa shape index (κ1) is 16.3. The Bertz CT molecular complexity index is 110. The Balaban J connectivity index is 0. The molecule has 14 heavy (non-hydrogen) atoms. The molecule has 0 saturated heterocycles. The van der Waals surface area contributed by atoms with Crippen LogP contribution in [0.15, 0.2) is 0 Å². The van der Waals surface area contributed by atoms with Gasteiger partial charge in [0.05, 0.1) is 6.10 Å².